The third kappa shape index (κ3) is 4.40. The van der Waals surface area contributed by atoms with Crippen LogP contribution in [-0.4, -0.2) is 37.9 Å². The molecule has 1 heterocycles. The highest BCUT2D eigenvalue weighted by Gasteiger charge is 2.24. The molecule has 1 rings (SSSR count). The summed E-state index contributed by atoms with van der Waals surface area (Å²) in [6, 6.07) is 0. The molecule has 0 unspecified atom stereocenters. The number of nitrogens with zero attached hydrogens (tertiary/aromatic N) is 1. The minimum atomic E-state index is 0.698. The Morgan fingerprint density at radius 3 is 2.71 bits per heavy atom. The van der Waals surface area contributed by atoms with Gasteiger partial charge < -0.3 is 10.5 Å². The van der Waals surface area contributed by atoms with Crippen molar-refractivity contribution in [3.8, 4) is 0 Å². The minimum absolute atomic E-state index is 0.698. The van der Waals surface area contributed by atoms with Crippen molar-refractivity contribution >= 4 is 0 Å². The molecule has 0 aromatic rings. The van der Waals surface area contributed by atoms with Crippen LogP contribution in [0.15, 0.2) is 0 Å². The molecule has 1 fully saturated rings. The van der Waals surface area contributed by atoms with Gasteiger partial charge in [0.25, 0.3) is 0 Å². The molecule has 1 saturated heterocycles. The zero-order valence-corrected chi connectivity index (χ0v) is 9.54. The van der Waals surface area contributed by atoms with Crippen molar-refractivity contribution in [2.24, 2.45) is 17.6 Å². The van der Waals surface area contributed by atoms with E-state index in [2.05, 4.69) is 18.7 Å². The summed E-state index contributed by atoms with van der Waals surface area (Å²) in [6.45, 7) is 9.31. The van der Waals surface area contributed by atoms with Crippen LogP contribution in [-0.2, 0) is 4.74 Å². The zero-order chi connectivity index (χ0) is 10.4. The Bertz CT molecular complexity index is 144. The molecule has 84 valence electrons. The molecule has 0 spiro atoms. The van der Waals surface area contributed by atoms with Crippen molar-refractivity contribution in [3.05, 3.63) is 0 Å². The summed E-state index contributed by atoms with van der Waals surface area (Å²) in [7, 11) is 0. The smallest absolute Gasteiger partial charge is 0.0518 e. The summed E-state index contributed by atoms with van der Waals surface area (Å²) in [6.07, 6.45) is 2.48. The molecule has 0 bridgehead atoms. The first-order valence-electron chi connectivity index (χ1n) is 5.72. The van der Waals surface area contributed by atoms with Crippen LogP contribution in [0.2, 0.25) is 0 Å². The quantitative estimate of drug-likeness (QED) is 0.629. The van der Waals surface area contributed by atoms with Crippen LogP contribution in [0, 0.1) is 11.8 Å². The summed E-state index contributed by atoms with van der Waals surface area (Å²) in [4.78, 5) is 2.24. The van der Waals surface area contributed by atoms with Gasteiger partial charge in [-0.2, -0.15) is 0 Å². The highest BCUT2D eigenvalue weighted by molar-refractivity contribution is 4.77. The molecule has 1 aliphatic rings. The summed E-state index contributed by atoms with van der Waals surface area (Å²) < 4.78 is 5.61. The van der Waals surface area contributed by atoms with E-state index in [1.807, 2.05) is 0 Å². The van der Waals surface area contributed by atoms with Crippen molar-refractivity contribution in [2.45, 2.75) is 26.7 Å². The van der Waals surface area contributed by atoms with Gasteiger partial charge in [0.15, 0.2) is 0 Å². The summed E-state index contributed by atoms with van der Waals surface area (Å²) in [5.74, 6) is 1.53. The molecule has 1 aliphatic heterocycles. The maximum absolute atomic E-state index is 5.61. The number of hydrogen-bond donors (Lipinski definition) is 1. The van der Waals surface area contributed by atoms with E-state index in [4.69, 9.17) is 10.5 Å². The van der Waals surface area contributed by atoms with Gasteiger partial charge in [-0.1, -0.05) is 13.8 Å². The molecule has 0 amide bonds. The molecule has 0 aromatic carbocycles. The van der Waals surface area contributed by atoms with E-state index in [-0.39, 0.29) is 0 Å². The fourth-order valence-electron chi connectivity index (χ4n) is 1.77. The van der Waals surface area contributed by atoms with E-state index in [0.717, 1.165) is 38.1 Å². The van der Waals surface area contributed by atoms with Gasteiger partial charge in [-0.05, 0) is 18.8 Å². The first-order chi connectivity index (χ1) is 6.72. The fourth-order valence-corrected chi connectivity index (χ4v) is 1.77. The highest BCUT2D eigenvalue weighted by atomic mass is 16.5. The first-order valence-corrected chi connectivity index (χ1v) is 5.72. The molecule has 14 heavy (non-hydrogen) atoms. The van der Waals surface area contributed by atoms with Crippen LogP contribution in [0.25, 0.3) is 0 Å². The van der Waals surface area contributed by atoms with Gasteiger partial charge in [-0.25, -0.2) is 0 Å². The lowest BCUT2D eigenvalue weighted by atomic mass is 10.0. The van der Waals surface area contributed by atoms with Gasteiger partial charge >= 0.3 is 0 Å². The van der Waals surface area contributed by atoms with Crippen molar-refractivity contribution in [1.82, 2.24) is 4.90 Å². The summed E-state index contributed by atoms with van der Waals surface area (Å²) in [5, 5.41) is 0. The van der Waals surface area contributed by atoms with Crippen molar-refractivity contribution in [3.63, 3.8) is 0 Å². The van der Waals surface area contributed by atoms with E-state index in [1.165, 1.54) is 12.8 Å². The van der Waals surface area contributed by atoms with Gasteiger partial charge in [0.05, 0.1) is 6.61 Å². The first kappa shape index (κ1) is 12.0. The lowest BCUT2D eigenvalue weighted by Crippen LogP contribution is -2.50. The maximum atomic E-state index is 5.61. The maximum Gasteiger partial charge on any atom is 0.0518 e. The summed E-state index contributed by atoms with van der Waals surface area (Å²) in [5.41, 5.74) is 5.49. The molecular formula is C11H24N2O. The number of likely N-dealkylation sites (tertiary alicyclic amines) is 1. The van der Waals surface area contributed by atoms with E-state index < -0.39 is 0 Å². The van der Waals surface area contributed by atoms with E-state index in [1.54, 1.807) is 0 Å². The third-order valence-corrected chi connectivity index (χ3v) is 2.71. The Kier molecular flexibility index (Phi) is 5.45. The SMILES string of the molecule is CC(C)CCCOCC1CN(CN)C1. The largest absolute Gasteiger partial charge is 0.381 e. The highest BCUT2D eigenvalue weighted by Crippen LogP contribution is 2.14. The van der Waals surface area contributed by atoms with Crippen LogP contribution in [0.4, 0.5) is 0 Å². The van der Waals surface area contributed by atoms with Crippen LogP contribution in [0.5, 0.6) is 0 Å². The second kappa shape index (κ2) is 6.38. The number of hydrogen-bond acceptors (Lipinski definition) is 3. The Morgan fingerprint density at radius 1 is 1.43 bits per heavy atom. The van der Waals surface area contributed by atoms with Gasteiger partial charge in [-0.15, -0.1) is 0 Å². The van der Waals surface area contributed by atoms with Crippen LogP contribution < -0.4 is 5.73 Å². The van der Waals surface area contributed by atoms with Gasteiger partial charge in [0.2, 0.25) is 0 Å². The molecule has 3 nitrogen and oxygen atoms in total. The summed E-state index contributed by atoms with van der Waals surface area (Å²) >= 11 is 0. The van der Waals surface area contributed by atoms with Crippen molar-refractivity contribution < 1.29 is 4.74 Å². The van der Waals surface area contributed by atoms with Crippen molar-refractivity contribution in [1.29, 1.82) is 0 Å². The lowest BCUT2D eigenvalue weighted by molar-refractivity contribution is 0.0145. The van der Waals surface area contributed by atoms with Crippen LogP contribution in [0.1, 0.15) is 26.7 Å². The van der Waals surface area contributed by atoms with Crippen LogP contribution >= 0.6 is 0 Å². The molecule has 0 atom stereocenters. The average Bonchev–Trinajstić information content (AvgIpc) is 2.07. The normalized spacial score (nSPS) is 18.9. The van der Waals surface area contributed by atoms with Gasteiger partial charge in [-0.3, -0.25) is 4.90 Å². The predicted octanol–water partition coefficient (Wildman–Crippen LogP) is 1.29. The Labute approximate surface area is 87.6 Å². The molecule has 0 aromatic heterocycles. The second-order valence-corrected chi connectivity index (χ2v) is 4.70. The molecule has 2 N–H and O–H groups in total. The Hall–Kier alpha value is -0.120. The van der Waals surface area contributed by atoms with Gasteiger partial charge in [0, 0.05) is 32.3 Å². The fraction of sp³-hybridized carbons (Fsp3) is 1.00. The second-order valence-electron chi connectivity index (χ2n) is 4.70. The Morgan fingerprint density at radius 2 is 2.14 bits per heavy atom. The average molecular weight is 200 g/mol. The zero-order valence-electron chi connectivity index (χ0n) is 9.54. The monoisotopic (exact) mass is 200 g/mol. The van der Waals surface area contributed by atoms with Crippen LogP contribution in [0.3, 0.4) is 0 Å². The number of rotatable bonds is 7. The third-order valence-electron chi connectivity index (χ3n) is 2.71. The topological polar surface area (TPSA) is 38.5 Å². The Balaban J connectivity index is 1.81. The minimum Gasteiger partial charge on any atom is -0.381 e. The van der Waals surface area contributed by atoms with Gasteiger partial charge in [0.1, 0.15) is 0 Å². The predicted molar refractivity (Wildman–Crippen MR) is 59.0 cm³/mol. The molecule has 0 aliphatic carbocycles. The van der Waals surface area contributed by atoms with E-state index >= 15 is 0 Å². The lowest BCUT2D eigenvalue weighted by Gasteiger charge is -2.37. The van der Waals surface area contributed by atoms with E-state index in [9.17, 15) is 0 Å². The van der Waals surface area contributed by atoms with E-state index in [0.29, 0.717) is 6.67 Å². The molecule has 0 radical (unpaired) electrons. The van der Waals surface area contributed by atoms with Crippen molar-refractivity contribution in [2.75, 3.05) is 33.0 Å². The molecule has 3 heteroatoms. The number of ether oxygens (including phenoxy) is 1. The molecular weight excluding hydrogens is 176 g/mol. The standard InChI is InChI=1S/C11H24N2O/c1-10(2)4-3-5-14-8-11-6-13(7-11)9-12/h10-11H,3-9,12H2,1-2H3. The molecule has 0 saturated carbocycles. The number of nitrogens with two attached hydrogens (primary N) is 1.